The van der Waals surface area contributed by atoms with Crippen molar-refractivity contribution in [3.05, 3.63) is 0 Å². The molecule has 1 aliphatic heterocycles. The fraction of sp³-hybridized carbons (Fsp3) is 0.882. The van der Waals surface area contributed by atoms with Gasteiger partial charge in [-0.1, -0.05) is 13.3 Å². The van der Waals surface area contributed by atoms with E-state index in [9.17, 15) is 18.0 Å². The number of sulfonamides is 1. The molecule has 1 heterocycles. The highest BCUT2D eigenvalue weighted by Gasteiger charge is 2.32. The Hall–Kier alpha value is -1.15. The minimum absolute atomic E-state index is 0.0552. The van der Waals surface area contributed by atoms with Crippen molar-refractivity contribution in [1.82, 2.24) is 14.1 Å². The van der Waals surface area contributed by atoms with Gasteiger partial charge in [-0.3, -0.25) is 9.59 Å². The number of likely N-dealkylation sites (N-methyl/N-ethyl adjacent to an activating group) is 2. The number of nitrogens with zero attached hydrogens (tertiary/aromatic N) is 3. The average Bonchev–Trinajstić information content (AvgIpc) is 2.60. The molecule has 0 bridgehead atoms. The summed E-state index contributed by atoms with van der Waals surface area (Å²) in [6.45, 7) is 7.92. The predicted octanol–water partition coefficient (Wildman–Crippen LogP) is 1.16. The van der Waals surface area contributed by atoms with Gasteiger partial charge in [0.2, 0.25) is 21.8 Å². The van der Waals surface area contributed by atoms with E-state index >= 15 is 0 Å². The Morgan fingerprint density at radius 1 is 1.08 bits per heavy atom. The molecule has 0 aromatic carbocycles. The first kappa shape index (κ1) is 21.9. The summed E-state index contributed by atoms with van der Waals surface area (Å²) in [7, 11) is -1.56. The van der Waals surface area contributed by atoms with Crippen molar-refractivity contribution in [2.75, 3.05) is 45.5 Å². The standard InChI is InChI=1S/C17H33N3O4S/c1-5-8-13-25(23,24)20-11-9-15(10-12-20)17(22)18(4)14-16(21)19(6-2)7-3/h15H,5-14H2,1-4H3. The molecule has 0 spiro atoms. The molecule has 0 aliphatic carbocycles. The third-order valence-electron chi connectivity index (χ3n) is 4.82. The first-order valence-electron chi connectivity index (χ1n) is 9.27. The largest absolute Gasteiger partial charge is 0.342 e. The second-order valence-corrected chi connectivity index (χ2v) is 8.69. The summed E-state index contributed by atoms with van der Waals surface area (Å²) in [6, 6.07) is 0. The van der Waals surface area contributed by atoms with E-state index in [1.807, 2.05) is 20.8 Å². The summed E-state index contributed by atoms with van der Waals surface area (Å²) in [5, 5.41) is 0. The van der Waals surface area contributed by atoms with Gasteiger partial charge in [0.05, 0.1) is 12.3 Å². The van der Waals surface area contributed by atoms with E-state index < -0.39 is 10.0 Å². The van der Waals surface area contributed by atoms with Gasteiger partial charge in [-0.05, 0) is 33.1 Å². The summed E-state index contributed by atoms with van der Waals surface area (Å²) < 4.78 is 26.0. The third-order valence-corrected chi connectivity index (χ3v) is 6.77. The van der Waals surface area contributed by atoms with E-state index in [0.717, 1.165) is 6.42 Å². The molecule has 0 atom stereocenters. The van der Waals surface area contributed by atoms with E-state index in [0.29, 0.717) is 45.4 Å². The summed E-state index contributed by atoms with van der Waals surface area (Å²) in [4.78, 5) is 27.9. The molecule has 1 rings (SSSR count). The smallest absolute Gasteiger partial charge is 0.242 e. The minimum Gasteiger partial charge on any atom is -0.342 e. The number of piperidine rings is 1. The van der Waals surface area contributed by atoms with Crippen LogP contribution in [0.3, 0.4) is 0 Å². The number of carbonyl (C=O) groups is 2. The summed E-state index contributed by atoms with van der Waals surface area (Å²) in [6.07, 6.45) is 2.55. The van der Waals surface area contributed by atoms with Crippen LogP contribution in [0.4, 0.5) is 0 Å². The van der Waals surface area contributed by atoms with Crippen LogP contribution in [-0.4, -0.2) is 79.9 Å². The number of unbranched alkanes of at least 4 members (excludes halogenated alkanes) is 1. The number of rotatable bonds is 9. The van der Waals surface area contributed by atoms with Crippen molar-refractivity contribution in [2.45, 2.75) is 46.5 Å². The van der Waals surface area contributed by atoms with Crippen LogP contribution in [0.15, 0.2) is 0 Å². The van der Waals surface area contributed by atoms with Crippen molar-refractivity contribution in [3.63, 3.8) is 0 Å². The van der Waals surface area contributed by atoms with Crippen LogP contribution in [-0.2, 0) is 19.6 Å². The molecule has 146 valence electrons. The highest BCUT2D eigenvalue weighted by Crippen LogP contribution is 2.22. The quantitative estimate of drug-likeness (QED) is 0.606. The summed E-state index contributed by atoms with van der Waals surface area (Å²) in [5.74, 6) is -0.140. The van der Waals surface area contributed by atoms with Gasteiger partial charge in [0.25, 0.3) is 0 Å². The fourth-order valence-electron chi connectivity index (χ4n) is 3.11. The maximum atomic E-state index is 12.5. The molecule has 8 heteroatoms. The molecule has 7 nitrogen and oxygen atoms in total. The summed E-state index contributed by atoms with van der Waals surface area (Å²) >= 11 is 0. The minimum atomic E-state index is -3.20. The first-order chi connectivity index (χ1) is 11.8. The van der Waals surface area contributed by atoms with Gasteiger partial charge >= 0.3 is 0 Å². The van der Waals surface area contributed by atoms with Gasteiger partial charge in [-0.15, -0.1) is 0 Å². The van der Waals surface area contributed by atoms with Crippen molar-refractivity contribution in [3.8, 4) is 0 Å². The second-order valence-electron chi connectivity index (χ2n) is 6.60. The zero-order valence-corrected chi connectivity index (χ0v) is 16.8. The van der Waals surface area contributed by atoms with Gasteiger partial charge in [0, 0.05) is 39.1 Å². The number of amides is 2. The van der Waals surface area contributed by atoms with Crippen molar-refractivity contribution in [2.24, 2.45) is 5.92 Å². The van der Waals surface area contributed by atoms with Crippen molar-refractivity contribution >= 4 is 21.8 Å². The van der Waals surface area contributed by atoms with Crippen LogP contribution in [0.2, 0.25) is 0 Å². The third kappa shape index (κ3) is 6.26. The van der Waals surface area contributed by atoms with Gasteiger partial charge in [0.15, 0.2) is 0 Å². The normalized spacial score (nSPS) is 16.6. The lowest BCUT2D eigenvalue weighted by Gasteiger charge is -2.33. The lowest BCUT2D eigenvalue weighted by atomic mass is 9.96. The van der Waals surface area contributed by atoms with Gasteiger partial charge in [0.1, 0.15) is 0 Å². The molecule has 2 amide bonds. The van der Waals surface area contributed by atoms with E-state index in [2.05, 4.69) is 0 Å². The van der Waals surface area contributed by atoms with Crippen LogP contribution in [0, 0.1) is 5.92 Å². The molecular formula is C17H33N3O4S. The van der Waals surface area contributed by atoms with Crippen molar-refractivity contribution in [1.29, 1.82) is 0 Å². The Morgan fingerprint density at radius 3 is 2.12 bits per heavy atom. The lowest BCUT2D eigenvalue weighted by molar-refractivity contribution is -0.142. The monoisotopic (exact) mass is 375 g/mol. The highest BCUT2D eigenvalue weighted by molar-refractivity contribution is 7.89. The van der Waals surface area contributed by atoms with Crippen LogP contribution < -0.4 is 0 Å². The molecule has 0 unspecified atom stereocenters. The van der Waals surface area contributed by atoms with Crippen LogP contribution >= 0.6 is 0 Å². The fourth-order valence-corrected chi connectivity index (χ4v) is 4.78. The molecule has 0 N–H and O–H groups in total. The average molecular weight is 376 g/mol. The molecule has 0 radical (unpaired) electrons. The van der Waals surface area contributed by atoms with Gasteiger partial charge < -0.3 is 9.80 Å². The molecule has 0 saturated carbocycles. The van der Waals surface area contributed by atoms with E-state index in [4.69, 9.17) is 0 Å². The Morgan fingerprint density at radius 2 is 1.64 bits per heavy atom. The highest BCUT2D eigenvalue weighted by atomic mass is 32.2. The molecule has 25 heavy (non-hydrogen) atoms. The predicted molar refractivity (Wildman–Crippen MR) is 98.6 cm³/mol. The zero-order valence-electron chi connectivity index (χ0n) is 16.0. The molecule has 1 fully saturated rings. The second kappa shape index (κ2) is 10.1. The van der Waals surface area contributed by atoms with Crippen LogP contribution in [0.5, 0.6) is 0 Å². The molecule has 1 aliphatic rings. The Labute approximate surface area is 152 Å². The Kier molecular flexibility index (Phi) is 8.85. The van der Waals surface area contributed by atoms with Gasteiger partial charge in [-0.2, -0.15) is 0 Å². The molecular weight excluding hydrogens is 342 g/mol. The zero-order chi connectivity index (χ0) is 19.0. The maximum Gasteiger partial charge on any atom is 0.242 e. The topological polar surface area (TPSA) is 78.0 Å². The summed E-state index contributed by atoms with van der Waals surface area (Å²) in [5.41, 5.74) is 0. The Balaban J connectivity index is 2.53. The maximum absolute atomic E-state index is 12.5. The molecule has 0 aromatic heterocycles. The van der Waals surface area contributed by atoms with E-state index in [1.54, 1.807) is 11.9 Å². The van der Waals surface area contributed by atoms with Gasteiger partial charge in [-0.25, -0.2) is 12.7 Å². The molecule has 1 saturated heterocycles. The van der Waals surface area contributed by atoms with Crippen LogP contribution in [0.1, 0.15) is 46.5 Å². The number of hydrogen-bond donors (Lipinski definition) is 0. The SMILES string of the molecule is CCCCS(=O)(=O)N1CCC(C(=O)N(C)CC(=O)N(CC)CC)CC1. The number of hydrogen-bond acceptors (Lipinski definition) is 4. The lowest BCUT2D eigenvalue weighted by Crippen LogP contribution is -2.46. The Bertz CT molecular complexity index is 538. The van der Waals surface area contributed by atoms with E-state index in [1.165, 1.54) is 9.21 Å². The number of carbonyl (C=O) groups excluding carboxylic acids is 2. The molecule has 0 aromatic rings. The van der Waals surface area contributed by atoms with Crippen molar-refractivity contribution < 1.29 is 18.0 Å². The van der Waals surface area contributed by atoms with E-state index in [-0.39, 0.29) is 30.0 Å². The van der Waals surface area contributed by atoms with Crippen LogP contribution in [0.25, 0.3) is 0 Å². The first-order valence-corrected chi connectivity index (χ1v) is 10.9.